The molecule has 5 heteroatoms. The molecular weight excluding hydrogens is 299 g/mol. The predicted molar refractivity (Wildman–Crippen MR) is 65.8 cm³/mol. The molecule has 0 amide bonds. The van der Waals surface area contributed by atoms with Gasteiger partial charge in [0.15, 0.2) is 0 Å². The van der Waals surface area contributed by atoms with Crippen LogP contribution < -0.4 is 0 Å². The Morgan fingerprint density at radius 3 is 2.80 bits per heavy atom. The third kappa shape index (κ3) is 2.36. The molecule has 0 saturated heterocycles. The average Bonchev–Trinajstić information content (AvgIpc) is 2.64. The lowest BCUT2D eigenvalue weighted by Gasteiger charge is -2.07. The molecule has 0 aliphatic carbocycles. The van der Waals surface area contributed by atoms with E-state index in [1.165, 1.54) is 0 Å². The van der Waals surface area contributed by atoms with Gasteiger partial charge in [-0.05, 0) is 39.7 Å². The van der Waals surface area contributed by atoms with Crippen molar-refractivity contribution in [2.75, 3.05) is 0 Å². The average molecular weight is 306 g/mol. The number of aromatic nitrogens is 2. The maximum atomic E-state index is 5.89. The van der Waals surface area contributed by atoms with Gasteiger partial charge in [0.2, 0.25) is 0 Å². The van der Waals surface area contributed by atoms with E-state index in [1.807, 2.05) is 24.4 Å². The van der Waals surface area contributed by atoms with E-state index >= 15 is 0 Å². The van der Waals surface area contributed by atoms with Crippen LogP contribution in [0, 0.1) is 0 Å². The highest BCUT2D eigenvalue weighted by Crippen LogP contribution is 2.22. The molecule has 0 fully saturated rings. The van der Waals surface area contributed by atoms with E-state index < -0.39 is 0 Å². The third-order valence-corrected chi connectivity index (χ3v) is 2.92. The lowest BCUT2D eigenvalue weighted by atomic mass is 10.2. The fourth-order valence-corrected chi connectivity index (χ4v) is 2.01. The molecule has 15 heavy (non-hydrogen) atoms. The van der Waals surface area contributed by atoms with Gasteiger partial charge in [-0.2, -0.15) is 5.10 Å². The Bertz CT molecular complexity index is 482. The second-order valence-electron chi connectivity index (χ2n) is 3.01. The van der Waals surface area contributed by atoms with Crippen molar-refractivity contribution in [3.05, 3.63) is 45.7 Å². The molecule has 0 aliphatic rings. The number of hydrogen-bond acceptors (Lipinski definition) is 1. The van der Waals surface area contributed by atoms with Gasteiger partial charge in [0, 0.05) is 17.1 Å². The molecule has 1 aromatic heterocycles. The van der Waals surface area contributed by atoms with Crippen molar-refractivity contribution < 1.29 is 0 Å². The first-order valence-electron chi connectivity index (χ1n) is 4.25. The van der Waals surface area contributed by atoms with Crippen LogP contribution in [0.1, 0.15) is 5.56 Å². The summed E-state index contributed by atoms with van der Waals surface area (Å²) in [6.07, 6.45) is 3.60. The normalized spacial score (nSPS) is 10.6. The summed E-state index contributed by atoms with van der Waals surface area (Å²) in [5.41, 5.74) is 1.90. The number of hydrogen-bond donors (Lipinski definition) is 0. The second-order valence-corrected chi connectivity index (χ2v) is 4.63. The number of alkyl halides is 1. The fourth-order valence-electron chi connectivity index (χ4n) is 1.32. The van der Waals surface area contributed by atoms with Gasteiger partial charge in [-0.1, -0.05) is 11.6 Å². The Kier molecular flexibility index (Phi) is 3.34. The molecular formula is C10H7BrCl2N2. The summed E-state index contributed by atoms with van der Waals surface area (Å²) in [6, 6.07) is 5.57. The highest BCUT2D eigenvalue weighted by atomic mass is 79.9. The van der Waals surface area contributed by atoms with Gasteiger partial charge >= 0.3 is 0 Å². The highest BCUT2D eigenvalue weighted by Gasteiger charge is 2.05. The minimum Gasteiger partial charge on any atom is -0.239 e. The van der Waals surface area contributed by atoms with Gasteiger partial charge in [0.05, 0.1) is 16.4 Å². The lowest BCUT2D eigenvalue weighted by Crippen LogP contribution is -1.98. The van der Waals surface area contributed by atoms with Crippen molar-refractivity contribution in [3.8, 4) is 5.69 Å². The molecule has 0 atom stereocenters. The number of rotatable bonds is 2. The molecule has 0 N–H and O–H groups in total. The van der Waals surface area contributed by atoms with E-state index in [4.69, 9.17) is 23.2 Å². The van der Waals surface area contributed by atoms with Crippen molar-refractivity contribution in [1.82, 2.24) is 9.78 Å². The summed E-state index contributed by atoms with van der Waals surface area (Å²) < 4.78 is 2.69. The highest BCUT2D eigenvalue weighted by molar-refractivity contribution is 9.10. The van der Waals surface area contributed by atoms with Crippen LogP contribution in [-0.2, 0) is 5.88 Å². The summed E-state index contributed by atoms with van der Waals surface area (Å²) in [5, 5.41) is 4.87. The van der Waals surface area contributed by atoms with Crippen LogP contribution in [-0.4, -0.2) is 9.78 Å². The Morgan fingerprint density at radius 1 is 1.40 bits per heavy atom. The van der Waals surface area contributed by atoms with Gasteiger partial charge < -0.3 is 0 Å². The van der Waals surface area contributed by atoms with E-state index in [2.05, 4.69) is 21.0 Å². The van der Waals surface area contributed by atoms with Crippen molar-refractivity contribution in [1.29, 1.82) is 0 Å². The summed E-state index contributed by atoms with van der Waals surface area (Å²) >= 11 is 15.1. The van der Waals surface area contributed by atoms with Crippen LogP contribution >= 0.6 is 39.1 Å². The first kappa shape index (κ1) is 11.0. The molecule has 0 saturated carbocycles. The van der Waals surface area contributed by atoms with Crippen LogP contribution in [0.2, 0.25) is 5.02 Å². The monoisotopic (exact) mass is 304 g/mol. The van der Waals surface area contributed by atoms with Crippen molar-refractivity contribution in [2.45, 2.75) is 5.88 Å². The van der Waals surface area contributed by atoms with Crippen LogP contribution in [0.25, 0.3) is 5.69 Å². The van der Waals surface area contributed by atoms with Crippen LogP contribution in [0.4, 0.5) is 0 Å². The zero-order valence-electron chi connectivity index (χ0n) is 7.62. The Hall–Kier alpha value is -0.510. The first-order valence-corrected chi connectivity index (χ1v) is 5.96. The number of benzene rings is 1. The van der Waals surface area contributed by atoms with Gasteiger partial charge in [0.25, 0.3) is 0 Å². The van der Waals surface area contributed by atoms with Crippen LogP contribution in [0.5, 0.6) is 0 Å². The molecule has 1 aromatic carbocycles. The zero-order valence-corrected chi connectivity index (χ0v) is 10.7. The zero-order chi connectivity index (χ0) is 10.8. The van der Waals surface area contributed by atoms with E-state index in [0.717, 1.165) is 15.7 Å². The number of nitrogens with zero attached hydrogens (tertiary/aromatic N) is 2. The maximum absolute atomic E-state index is 5.89. The van der Waals surface area contributed by atoms with Gasteiger partial charge in [0.1, 0.15) is 0 Å². The van der Waals surface area contributed by atoms with Crippen molar-refractivity contribution >= 4 is 39.1 Å². The van der Waals surface area contributed by atoms with Crippen LogP contribution in [0.3, 0.4) is 0 Å². The number of halogens is 3. The smallest absolute Gasteiger partial charge is 0.0691 e. The van der Waals surface area contributed by atoms with E-state index in [9.17, 15) is 0 Å². The van der Waals surface area contributed by atoms with Crippen molar-refractivity contribution in [2.24, 2.45) is 0 Å². The Labute approximate surface area is 106 Å². The predicted octanol–water partition coefficient (Wildman–Crippen LogP) is 4.03. The standard InChI is InChI=1S/C10H7BrCl2N2/c11-8-5-14-15(6-8)10-2-1-9(13)3-7(10)4-12/h1-3,5-6H,4H2. The van der Waals surface area contributed by atoms with E-state index in [-0.39, 0.29) is 0 Å². The summed E-state index contributed by atoms with van der Waals surface area (Å²) in [6.45, 7) is 0. The summed E-state index contributed by atoms with van der Waals surface area (Å²) in [5.74, 6) is 0.410. The maximum Gasteiger partial charge on any atom is 0.0691 e. The Morgan fingerprint density at radius 2 is 2.20 bits per heavy atom. The SMILES string of the molecule is ClCc1cc(Cl)ccc1-n1cc(Br)cn1. The van der Waals surface area contributed by atoms with Gasteiger partial charge in [-0.15, -0.1) is 11.6 Å². The van der Waals surface area contributed by atoms with E-state index in [1.54, 1.807) is 10.9 Å². The largest absolute Gasteiger partial charge is 0.239 e. The molecule has 0 unspecified atom stereocenters. The molecule has 0 bridgehead atoms. The fraction of sp³-hybridized carbons (Fsp3) is 0.100. The van der Waals surface area contributed by atoms with Crippen molar-refractivity contribution in [3.63, 3.8) is 0 Å². The molecule has 78 valence electrons. The topological polar surface area (TPSA) is 17.8 Å². The van der Waals surface area contributed by atoms with Crippen LogP contribution in [0.15, 0.2) is 35.1 Å². The second kappa shape index (κ2) is 4.56. The van der Waals surface area contributed by atoms with Gasteiger partial charge in [-0.25, -0.2) is 4.68 Å². The molecule has 1 heterocycles. The molecule has 0 radical (unpaired) electrons. The Balaban J connectivity index is 2.52. The molecule has 2 nitrogen and oxygen atoms in total. The molecule has 2 rings (SSSR count). The summed E-state index contributed by atoms with van der Waals surface area (Å²) in [4.78, 5) is 0. The van der Waals surface area contributed by atoms with Gasteiger partial charge in [-0.3, -0.25) is 0 Å². The molecule has 0 spiro atoms. The summed E-state index contributed by atoms with van der Waals surface area (Å²) in [7, 11) is 0. The lowest BCUT2D eigenvalue weighted by molar-refractivity contribution is 0.871. The quantitative estimate of drug-likeness (QED) is 0.766. The first-order chi connectivity index (χ1) is 7.20. The van der Waals surface area contributed by atoms with E-state index in [0.29, 0.717) is 10.9 Å². The molecule has 0 aliphatic heterocycles. The minimum absolute atomic E-state index is 0.410. The third-order valence-electron chi connectivity index (χ3n) is 1.98. The molecule has 2 aromatic rings. The minimum atomic E-state index is 0.410.